The molecule has 6 aromatic rings. The van der Waals surface area contributed by atoms with Gasteiger partial charge in [-0.2, -0.15) is 5.26 Å². The standard InChI is InChI=1S/C42H42N4O3Si/c1-42(2,50(48,35-17-9-5-10-18-35)36-19-11-6-12-20-36)24-23-33(45-29-31-14-13-25-44-28-31)30-46-39(27-43)40(32-15-7-4-8-16-32)38-26-34(49-3)21-22-37(38)41(46)47/h4-22,25-26,28,33,45,48H,23-24,29-30H2,1-3H3. The number of hydrogen-bond acceptors (Lipinski definition) is 6. The summed E-state index contributed by atoms with van der Waals surface area (Å²) in [6.07, 6.45) is 4.88. The Morgan fingerprint density at radius 1 is 0.900 bits per heavy atom. The van der Waals surface area contributed by atoms with Crippen LogP contribution in [0.15, 0.2) is 139 Å². The predicted octanol–water partition coefficient (Wildman–Crippen LogP) is 6.41. The van der Waals surface area contributed by atoms with E-state index in [0.29, 0.717) is 47.2 Å². The molecule has 7 nitrogen and oxygen atoms in total. The quantitative estimate of drug-likeness (QED) is 0.137. The third-order valence-corrected chi connectivity index (χ3v) is 14.4. The van der Waals surface area contributed by atoms with E-state index in [1.54, 1.807) is 30.0 Å². The van der Waals surface area contributed by atoms with Crippen molar-refractivity contribution in [3.8, 4) is 22.9 Å². The van der Waals surface area contributed by atoms with Crippen LogP contribution in [0, 0.1) is 11.3 Å². The minimum atomic E-state index is -3.27. The average Bonchev–Trinajstić information content (AvgIpc) is 3.17. The van der Waals surface area contributed by atoms with E-state index in [9.17, 15) is 14.9 Å². The molecular weight excluding hydrogens is 637 g/mol. The van der Waals surface area contributed by atoms with Crippen LogP contribution in [-0.4, -0.2) is 35.8 Å². The number of ether oxygens (including phenoxy) is 1. The first kappa shape index (κ1) is 34.5. The molecule has 0 fully saturated rings. The predicted molar refractivity (Wildman–Crippen MR) is 203 cm³/mol. The highest BCUT2D eigenvalue weighted by Crippen LogP contribution is 2.40. The van der Waals surface area contributed by atoms with Gasteiger partial charge in [0.2, 0.25) is 0 Å². The number of benzene rings is 4. The van der Waals surface area contributed by atoms with Gasteiger partial charge < -0.3 is 14.8 Å². The first-order chi connectivity index (χ1) is 24.3. The second-order valence-electron chi connectivity index (χ2n) is 13.3. The lowest BCUT2D eigenvalue weighted by Crippen LogP contribution is -2.65. The number of nitrogens with one attached hydrogen (secondary N) is 1. The smallest absolute Gasteiger partial charge is 0.259 e. The Bertz CT molecular complexity index is 2110. The fraction of sp³-hybridized carbons (Fsp3) is 0.214. The SMILES string of the molecule is COc1ccc2c(=O)n(CC(CCC(C)(C)[Si](O)(c3ccccc3)c3ccccc3)NCc3cccnc3)c(C#N)c(-c3ccccc3)c2c1. The van der Waals surface area contributed by atoms with Crippen molar-refractivity contribution in [3.05, 3.63) is 155 Å². The van der Waals surface area contributed by atoms with Gasteiger partial charge in [-0.3, -0.25) is 14.3 Å². The zero-order chi connectivity index (χ0) is 35.1. The van der Waals surface area contributed by atoms with E-state index in [0.717, 1.165) is 21.5 Å². The van der Waals surface area contributed by atoms with Gasteiger partial charge in [0.25, 0.3) is 13.9 Å². The van der Waals surface area contributed by atoms with Crippen molar-refractivity contribution in [2.75, 3.05) is 7.11 Å². The zero-order valence-corrected chi connectivity index (χ0v) is 29.7. The lowest BCUT2D eigenvalue weighted by molar-refractivity contribution is 0.371. The summed E-state index contributed by atoms with van der Waals surface area (Å²) in [5.41, 5.74) is 2.63. The van der Waals surface area contributed by atoms with Crippen LogP contribution in [0.2, 0.25) is 5.04 Å². The molecule has 1 atom stereocenters. The minimum absolute atomic E-state index is 0.219. The Balaban J connectivity index is 1.43. The molecule has 8 heteroatoms. The fourth-order valence-corrected chi connectivity index (χ4v) is 10.8. The van der Waals surface area contributed by atoms with Crippen molar-refractivity contribution < 1.29 is 9.53 Å². The Morgan fingerprint density at radius 3 is 2.12 bits per heavy atom. The number of fused-ring (bicyclic) bond motifs is 1. The van der Waals surface area contributed by atoms with Crippen molar-refractivity contribution in [1.29, 1.82) is 5.26 Å². The molecule has 0 aliphatic rings. The highest BCUT2D eigenvalue weighted by molar-refractivity contribution is 6.98. The Hall–Kier alpha value is -5.33. The summed E-state index contributed by atoms with van der Waals surface area (Å²) in [7, 11) is -1.68. The molecule has 0 aliphatic heterocycles. The van der Waals surface area contributed by atoms with Crippen LogP contribution in [0.1, 0.15) is 37.9 Å². The van der Waals surface area contributed by atoms with Gasteiger partial charge in [-0.1, -0.05) is 111 Å². The normalized spacial score (nSPS) is 12.4. The Morgan fingerprint density at radius 2 is 1.54 bits per heavy atom. The van der Waals surface area contributed by atoms with Crippen molar-refractivity contribution in [1.82, 2.24) is 14.9 Å². The summed E-state index contributed by atoms with van der Waals surface area (Å²) >= 11 is 0. The largest absolute Gasteiger partial charge is 0.497 e. The fourth-order valence-electron chi connectivity index (χ4n) is 7.01. The van der Waals surface area contributed by atoms with Crippen molar-refractivity contribution >= 4 is 29.5 Å². The maximum Gasteiger partial charge on any atom is 0.259 e. The number of hydrogen-bond donors (Lipinski definition) is 2. The maximum absolute atomic E-state index is 14.3. The van der Waals surface area contributed by atoms with Gasteiger partial charge in [0, 0.05) is 47.9 Å². The van der Waals surface area contributed by atoms with Crippen LogP contribution in [0.3, 0.4) is 0 Å². The first-order valence-corrected chi connectivity index (χ1v) is 18.9. The van der Waals surface area contributed by atoms with Gasteiger partial charge >= 0.3 is 0 Å². The lowest BCUT2D eigenvalue weighted by Gasteiger charge is -2.42. The van der Waals surface area contributed by atoms with Crippen molar-refractivity contribution in [2.45, 2.75) is 50.9 Å². The number of rotatable bonds is 13. The zero-order valence-electron chi connectivity index (χ0n) is 28.7. The molecule has 1 unspecified atom stereocenters. The summed E-state index contributed by atoms with van der Waals surface area (Å²) in [6.45, 7) is 5.10. The second kappa shape index (κ2) is 15.1. The minimum Gasteiger partial charge on any atom is -0.497 e. The molecule has 2 heterocycles. The molecule has 50 heavy (non-hydrogen) atoms. The molecule has 0 radical (unpaired) electrons. The summed E-state index contributed by atoms with van der Waals surface area (Å²) in [4.78, 5) is 31.5. The van der Waals surface area contributed by atoms with Gasteiger partial charge in [-0.15, -0.1) is 0 Å². The van der Waals surface area contributed by atoms with Gasteiger partial charge in [-0.25, -0.2) is 0 Å². The molecule has 0 saturated carbocycles. The van der Waals surface area contributed by atoms with E-state index in [1.165, 1.54) is 0 Å². The Kier molecular flexibility index (Phi) is 10.4. The molecule has 0 saturated heterocycles. The molecule has 4 aromatic carbocycles. The molecule has 0 aliphatic carbocycles. The highest BCUT2D eigenvalue weighted by Gasteiger charge is 2.49. The van der Waals surface area contributed by atoms with Crippen molar-refractivity contribution in [3.63, 3.8) is 0 Å². The maximum atomic E-state index is 14.3. The van der Waals surface area contributed by atoms with Crippen LogP contribution in [0.4, 0.5) is 0 Å². The summed E-state index contributed by atoms with van der Waals surface area (Å²) in [5, 5.41) is 17.0. The molecule has 0 bridgehead atoms. The third-order valence-electron chi connectivity index (χ3n) is 9.85. The molecule has 2 N–H and O–H groups in total. The van der Waals surface area contributed by atoms with Crippen molar-refractivity contribution in [2.24, 2.45) is 0 Å². The molecular formula is C42H42N4O3Si. The molecule has 0 spiro atoms. The number of aromatic nitrogens is 2. The van der Waals surface area contributed by atoms with Gasteiger partial charge in [0.15, 0.2) is 0 Å². The van der Waals surface area contributed by atoms with Crippen LogP contribution in [-0.2, 0) is 13.1 Å². The van der Waals surface area contributed by atoms with Crippen LogP contribution in [0.5, 0.6) is 5.75 Å². The Labute approximate surface area is 294 Å². The van der Waals surface area contributed by atoms with E-state index >= 15 is 0 Å². The molecule has 2 aromatic heterocycles. The van der Waals surface area contributed by atoms with Crippen LogP contribution in [0.25, 0.3) is 21.9 Å². The number of methoxy groups -OCH3 is 1. The van der Waals surface area contributed by atoms with Gasteiger partial charge in [-0.05, 0) is 63.6 Å². The number of nitrogens with zero attached hydrogens (tertiary/aromatic N) is 3. The summed E-state index contributed by atoms with van der Waals surface area (Å²) in [5.74, 6) is 0.613. The second-order valence-corrected chi connectivity index (χ2v) is 17.3. The van der Waals surface area contributed by atoms with Gasteiger partial charge in [0.1, 0.15) is 17.5 Å². The van der Waals surface area contributed by atoms with E-state index in [-0.39, 0.29) is 18.1 Å². The average molecular weight is 679 g/mol. The van der Waals surface area contributed by atoms with Crippen LogP contribution < -0.4 is 26.0 Å². The topological polar surface area (TPSA) is 100 Å². The third kappa shape index (κ3) is 6.89. The van der Waals surface area contributed by atoms with Gasteiger partial charge in [0.05, 0.1) is 7.11 Å². The molecule has 6 rings (SSSR count). The van der Waals surface area contributed by atoms with E-state index in [1.807, 2.05) is 115 Å². The highest BCUT2D eigenvalue weighted by atomic mass is 28.4. The van der Waals surface area contributed by atoms with E-state index in [2.05, 4.69) is 30.2 Å². The van der Waals surface area contributed by atoms with E-state index in [4.69, 9.17) is 4.74 Å². The summed E-state index contributed by atoms with van der Waals surface area (Å²) in [6, 6.07) is 41.3. The number of pyridine rings is 2. The first-order valence-electron chi connectivity index (χ1n) is 16.9. The molecule has 252 valence electrons. The molecule has 0 amide bonds. The van der Waals surface area contributed by atoms with E-state index < -0.39 is 13.4 Å². The monoisotopic (exact) mass is 678 g/mol. The summed E-state index contributed by atoms with van der Waals surface area (Å²) < 4.78 is 7.15. The lowest BCUT2D eigenvalue weighted by atomic mass is 9.96. The van der Waals surface area contributed by atoms with Crippen LogP contribution >= 0.6 is 0 Å². The number of nitriles is 1.